The van der Waals surface area contributed by atoms with Crippen molar-refractivity contribution in [2.24, 2.45) is 0 Å². The fourth-order valence-electron chi connectivity index (χ4n) is 1.87. The van der Waals surface area contributed by atoms with Gasteiger partial charge in [0, 0.05) is 24.3 Å². The molecule has 0 saturated heterocycles. The predicted octanol–water partition coefficient (Wildman–Crippen LogP) is 2.15. The summed E-state index contributed by atoms with van der Waals surface area (Å²) in [6, 6.07) is 5.70. The lowest BCUT2D eigenvalue weighted by atomic mass is 9.78. The minimum absolute atomic E-state index is 0.308. The van der Waals surface area contributed by atoms with Crippen LogP contribution < -0.4 is 9.47 Å². The molecular formula is C12H14O3. The van der Waals surface area contributed by atoms with Crippen molar-refractivity contribution in [2.45, 2.75) is 18.8 Å². The SMILES string of the molecule is COc1ccc(OC)c(C2CC(=O)C2)c1. The first kappa shape index (κ1) is 10.0. The third-order valence-corrected chi connectivity index (χ3v) is 2.82. The van der Waals surface area contributed by atoms with Crippen LogP contribution in [0.15, 0.2) is 18.2 Å². The molecule has 0 unspecified atom stereocenters. The van der Waals surface area contributed by atoms with Gasteiger partial charge >= 0.3 is 0 Å². The summed E-state index contributed by atoms with van der Waals surface area (Å²) >= 11 is 0. The van der Waals surface area contributed by atoms with Crippen LogP contribution in [0.3, 0.4) is 0 Å². The van der Waals surface area contributed by atoms with Crippen molar-refractivity contribution in [1.29, 1.82) is 0 Å². The lowest BCUT2D eigenvalue weighted by molar-refractivity contribution is -0.124. The van der Waals surface area contributed by atoms with E-state index in [4.69, 9.17) is 9.47 Å². The quantitative estimate of drug-likeness (QED) is 0.760. The Morgan fingerprint density at radius 3 is 2.47 bits per heavy atom. The first-order valence-electron chi connectivity index (χ1n) is 4.98. The molecule has 1 aromatic rings. The van der Waals surface area contributed by atoms with Crippen LogP contribution in [-0.4, -0.2) is 20.0 Å². The van der Waals surface area contributed by atoms with Crippen LogP contribution in [0.1, 0.15) is 24.3 Å². The van der Waals surface area contributed by atoms with Gasteiger partial charge in [0.25, 0.3) is 0 Å². The minimum Gasteiger partial charge on any atom is -0.497 e. The van der Waals surface area contributed by atoms with Crippen LogP contribution in [0, 0.1) is 0 Å². The molecule has 0 bridgehead atoms. The average Bonchev–Trinajstić information content (AvgIpc) is 2.24. The fraction of sp³-hybridized carbons (Fsp3) is 0.417. The van der Waals surface area contributed by atoms with E-state index >= 15 is 0 Å². The summed E-state index contributed by atoms with van der Waals surface area (Å²) in [5.74, 6) is 2.28. The van der Waals surface area contributed by atoms with Gasteiger partial charge in [0.1, 0.15) is 17.3 Å². The highest BCUT2D eigenvalue weighted by Crippen LogP contribution is 2.40. The summed E-state index contributed by atoms with van der Waals surface area (Å²) in [5, 5.41) is 0. The van der Waals surface area contributed by atoms with Gasteiger partial charge in [-0.3, -0.25) is 4.79 Å². The molecule has 2 rings (SSSR count). The number of hydrogen-bond acceptors (Lipinski definition) is 3. The van der Waals surface area contributed by atoms with Crippen molar-refractivity contribution in [3.63, 3.8) is 0 Å². The van der Waals surface area contributed by atoms with Gasteiger partial charge in [-0.15, -0.1) is 0 Å². The van der Waals surface area contributed by atoms with Crippen molar-refractivity contribution in [1.82, 2.24) is 0 Å². The average molecular weight is 206 g/mol. The van der Waals surface area contributed by atoms with Crippen LogP contribution in [0.25, 0.3) is 0 Å². The summed E-state index contributed by atoms with van der Waals surface area (Å²) < 4.78 is 10.4. The summed E-state index contributed by atoms with van der Waals surface area (Å²) in [6.45, 7) is 0. The van der Waals surface area contributed by atoms with Gasteiger partial charge in [-0.25, -0.2) is 0 Å². The first-order valence-corrected chi connectivity index (χ1v) is 4.98. The largest absolute Gasteiger partial charge is 0.497 e. The Kier molecular flexibility index (Phi) is 2.62. The normalized spacial score (nSPS) is 16.0. The minimum atomic E-state index is 0.308. The maximum absolute atomic E-state index is 11.0. The maximum atomic E-state index is 11.0. The van der Waals surface area contributed by atoms with Gasteiger partial charge in [-0.1, -0.05) is 0 Å². The van der Waals surface area contributed by atoms with E-state index in [1.165, 1.54) is 0 Å². The summed E-state index contributed by atoms with van der Waals surface area (Å²) in [7, 11) is 3.28. The third-order valence-electron chi connectivity index (χ3n) is 2.82. The second-order valence-corrected chi connectivity index (χ2v) is 3.75. The van der Waals surface area contributed by atoms with Gasteiger partial charge < -0.3 is 9.47 Å². The number of rotatable bonds is 3. The smallest absolute Gasteiger partial charge is 0.134 e. The molecule has 15 heavy (non-hydrogen) atoms. The highest BCUT2D eigenvalue weighted by molar-refractivity contribution is 5.86. The molecule has 0 spiro atoms. The molecule has 0 heterocycles. The number of carbonyl (C=O) groups excluding carboxylic acids is 1. The summed E-state index contributed by atoms with van der Waals surface area (Å²) in [5.41, 5.74) is 1.08. The molecule has 1 aliphatic rings. The Morgan fingerprint density at radius 2 is 1.93 bits per heavy atom. The lowest BCUT2D eigenvalue weighted by Gasteiger charge is -2.26. The Bertz CT molecular complexity index is 376. The molecule has 80 valence electrons. The predicted molar refractivity (Wildman–Crippen MR) is 56.5 cm³/mol. The van der Waals surface area contributed by atoms with Crippen molar-refractivity contribution < 1.29 is 14.3 Å². The van der Waals surface area contributed by atoms with E-state index in [0.717, 1.165) is 17.1 Å². The van der Waals surface area contributed by atoms with Crippen LogP contribution in [0.4, 0.5) is 0 Å². The van der Waals surface area contributed by atoms with E-state index < -0.39 is 0 Å². The lowest BCUT2D eigenvalue weighted by Crippen LogP contribution is -2.21. The monoisotopic (exact) mass is 206 g/mol. The van der Waals surface area contributed by atoms with Crippen molar-refractivity contribution >= 4 is 5.78 Å². The zero-order chi connectivity index (χ0) is 10.8. The molecule has 1 aliphatic carbocycles. The van der Waals surface area contributed by atoms with Crippen molar-refractivity contribution in [3.05, 3.63) is 23.8 Å². The number of benzene rings is 1. The Morgan fingerprint density at radius 1 is 1.20 bits per heavy atom. The Balaban J connectivity index is 2.29. The molecule has 1 aromatic carbocycles. The van der Waals surface area contributed by atoms with E-state index in [2.05, 4.69) is 0 Å². The third kappa shape index (κ3) is 1.82. The van der Waals surface area contributed by atoms with Crippen LogP contribution in [0.5, 0.6) is 11.5 Å². The topological polar surface area (TPSA) is 35.5 Å². The van der Waals surface area contributed by atoms with E-state index in [0.29, 0.717) is 24.5 Å². The molecule has 0 radical (unpaired) electrons. The van der Waals surface area contributed by atoms with E-state index in [9.17, 15) is 4.79 Å². The van der Waals surface area contributed by atoms with Crippen LogP contribution in [0.2, 0.25) is 0 Å². The van der Waals surface area contributed by atoms with E-state index in [1.54, 1.807) is 14.2 Å². The zero-order valence-electron chi connectivity index (χ0n) is 8.95. The molecule has 0 N–H and O–H groups in total. The number of ketones is 1. The van der Waals surface area contributed by atoms with Gasteiger partial charge in [-0.05, 0) is 18.2 Å². The standard InChI is InChI=1S/C12H14O3/c1-14-10-3-4-12(15-2)11(7-10)8-5-9(13)6-8/h3-4,7-8H,5-6H2,1-2H3. The van der Waals surface area contributed by atoms with Crippen molar-refractivity contribution in [2.75, 3.05) is 14.2 Å². The maximum Gasteiger partial charge on any atom is 0.134 e. The highest BCUT2D eigenvalue weighted by Gasteiger charge is 2.30. The van der Waals surface area contributed by atoms with Crippen LogP contribution in [-0.2, 0) is 4.79 Å². The zero-order valence-corrected chi connectivity index (χ0v) is 8.95. The van der Waals surface area contributed by atoms with Gasteiger partial charge in [-0.2, -0.15) is 0 Å². The molecule has 0 amide bonds. The number of hydrogen-bond donors (Lipinski definition) is 0. The van der Waals surface area contributed by atoms with E-state index in [1.807, 2.05) is 18.2 Å². The fourth-order valence-corrected chi connectivity index (χ4v) is 1.87. The van der Waals surface area contributed by atoms with Gasteiger partial charge in [0.15, 0.2) is 0 Å². The molecule has 1 fully saturated rings. The van der Waals surface area contributed by atoms with Crippen LogP contribution >= 0.6 is 0 Å². The molecule has 0 aliphatic heterocycles. The molecule has 3 heteroatoms. The summed E-state index contributed by atoms with van der Waals surface area (Å²) in [6.07, 6.45) is 1.26. The number of Topliss-reactive ketones (excluding diaryl/α,β-unsaturated/α-hetero) is 1. The second kappa shape index (κ2) is 3.93. The Labute approximate surface area is 89.0 Å². The number of carbonyl (C=O) groups is 1. The van der Waals surface area contributed by atoms with E-state index in [-0.39, 0.29) is 0 Å². The number of ether oxygens (including phenoxy) is 2. The first-order chi connectivity index (χ1) is 7.24. The molecule has 1 saturated carbocycles. The Hall–Kier alpha value is -1.51. The molecular weight excluding hydrogens is 192 g/mol. The molecule has 0 aromatic heterocycles. The second-order valence-electron chi connectivity index (χ2n) is 3.75. The highest BCUT2D eigenvalue weighted by atomic mass is 16.5. The van der Waals surface area contributed by atoms with Gasteiger partial charge in [0.05, 0.1) is 14.2 Å². The molecule has 3 nitrogen and oxygen atoms in total. The van der Waals surface area contributed by atoms with Gasteiger partial charge in [0.2, 0.25) is 0 Å². The summed E-state index contributed by atoms with van der Waals surface area (Å²) in [4.78, 5) is 11.0. The van der Waals surface area contributed by atoms with Crippen molar-refractivity contribution in [3.8, 4) is 11.5 Å². The molecule has 0 atom stereocenters. The number of methoxy groups -OCH3 is 2.